The molecule has 32 heavy (non-hydrogen) atoms. The van der Waals surface area contributed by atoms with Crippen molar-refractivity contribution >= 4 is 22.9 Å². The smallest absolute Gasteiger partial charge is 0.275 e. The molecule has 1 aromatic heterocycles. The third-order valence-corrected chi connectivity index (χ3v) is 5.42. The lowest BCUT2D eigenvalue weighted by molar-refractivity contribution is 0.102. The molecule has 0 saturated heterocycles. The second-order valence-electron chi connectivity index (χ2n) is 6.78. The molecule has 5 nitrogen and oxygen atoms in total. The Bertz CT molecular complexity index is 1240. The Balaban J connectivity index is 1.47. The zero-order chi connectivity index (χ0) is 22.5. The fraction of sp³-hybridized carbons (Fsp3) is 0.0833. The van der Waals surface area contributed by atoms with Gasteiger partial charge < -0.3 is 14.8 Å². The molecule has 0 bridgehead atoms. The fourth-order valence-corrected chi connectivity index (χ4v) is 3.74. The molecule has 4 aromatic rings. The molecule has 0 aliphatic rings. The van der Waals surface area contributed by atoms with Crippen LogP contribution in [0.5, 0.6) is 11.5 Å². The molecule has 0 fully saturated rings. The van der Waals surface area contributed by atoms with Crippen LogP contribution >= 0.6 is 11.3 Å². The third-order valence-electron chi connectivity index (χ3n) is 4.53. The average molecular weight is 452 g/mol. The molecule has 4 rings (SSSR count). The van der Waals surface area contributed by atoms with Crippen LogP contribution < -0.4 is 14.8 Å². The lowest BCUT2D eigenvalue weighted by Crippen LogP contribution is -2.12. The van der Waals surface area contributed by atoms with E-state index in [1.165, 1.54) is 54.8 Å². The van der Waals surface area contributed by atoms with Gasteiger partial charge in [0.25, 0.3) is 5.91 Å². The first-order chi connectivity index (χ1) is 15.5. The van der Waals surface area contributed by atoms with Crippen molar-refractivity contribution in [3.63, 3.8) is 0 Å². The number of hydrogen-bond donors (Lipinski definition) is 1. The summed E-state index contributed by atoms with van der Waals surface area (Å²) in [6.45, 7) is 0.193. The first-order valence-corrected chi connectivity index (χ1v) is 10.5. The predicted molar refractivity (Wildman–Crippen MR) is 119 cm³/mol. The summed E-state index contributed by atoms with van der Waals surface area (Å²) in [4.78, 5) is 16.8. The maximum atomic E-state index is 13.3. The van der Waals surface area contributed by atoms with Crippen molar-refractivity contribution < 1.29 is 23.0 Å². The first-order valence-electron chi connectivity index (χ1n) is 9.60. The molecule has 1 heterocycles. The number of nitrogens with one attached hydrogen (secondary N) is 1. The van der Waals surface area contributed by atoms with Gasteiger partial charge in [-0.1, -0.05) is 12.1 Å². The van der Waals surface area contributed by atoms with E-state index in [4.69, 9.17) is 9.47 Å². The summed E-state index contributed by atoms with van der Waals surface area (Å²) in [5, 5.41) is 4.96. The number of hydrogen-bond acceptors (Lipinski definition) is 5. The fourth-order valence-electron chi connectivity index (χ4n) is 2.95. The minimum absolute atomic E-state index is 0.193. The second-order valence-corrected chi connectivity index (χ2v) is 7.64. The minimum Gasteiger partial charge on any atom is -0.493 e. The van der Waals surface area contributed by atoms with Crippen molar-refractivity contribution in [1.82, 2.24) is 4.98 Å². The molecule has 0 aliphatic carbocycles. The van der Waals surface area contributed by atoms with Crippen molar-refractivity contribution in [2.24, 2.45) is 0 Å². The highest BCUT2D eigenvalue weighted by Crippen LogP contribution is 2.34. The Hall–Kier alpha value is -3.78. The third kappa shape index (κ3) is 5.09. The van der Waals surface area contributed by atoms with E-state index in [1.54, 1.807) is 29.6 Å². The summed E-state index contributed by atoms with van der Waals surface area (Å²) in [5.74, 6) is -0.0911. The molecule has 1 amide bonds. The van der Waals surface area contributed by atoms with Gasteiger partial charge in [0, 0.05) is 16.6 Å². The number of methoxy groups -OCH3 is 1. The Morgan fingerprint density at radius 2 is 1.81 bits per heavy atom. The summed E-state index contributed by atoms with van der Waals surface area (Å²) in [6.07, 6.45) is 0. The van der Waals surface area contributed by atoms with Crippen LogP contribution in [0.1, 0.15) is 16.1 Å². The highest BCUT2D eigenvalue weighted by Gasteiger charge is 2.14. The van der Waals surface area contributed by atoms with E-state index in [-0.39, 0.29) is 29.8 Å². The standard InChI is InChI=1S/C24H18F2N2O3S/c1-30-22-12-16(5-10-21(22)31-13-15-3-2-4-18(26)11-15)24-28-20(14-32-24)23(29)27-19-8-6-17(25)7-9-19/h2-12,14H,13H2,1H3,(H,27,29). The Labute approximate surface area is 187 Å². The molecule has 0 radical (unpaired) electrons. The second kappa shape index (κ2) is 9.57. The average Bonchev–Trinajstić information content (AvgIpc) is 3.30. The van der Waals surface area contributed by atoms with E-state index in [2.05, 4.69) is 10.3 Å². The first kappa shape index (κ1) is 21.5. The number of carbonyl (C=O) groups excluding carboxylic acids is 1. The Morgan fingerprint density at radius 3 is 2.56 bits per heavy atom. The topological polar surface area (TPSA) is 60.5 Å². The maximum absolute atomic E-state index is 13.3. The van der Waals surface area contributed by atoms with Crippen LogP contribution in [0, 0.1) is 11.6 Å². The van der Waals surface area contributed by atoms with Gasteiger partial charge in [-0.3, -0.25) is 4.79 Å². The van der Waals surface area contributed by atoms with Crippen molar-refractivity contribution in [1.29, 1.82) is 0 Å². The highest BCUT2D eigenvalue weighted by atomic mass is 32.1. The number of halogens is 2. The van der Waals surface area contributed by atoms with Crippen molar-refractivity contribution in [2.75, 3.05) is 12.4 Å². The van der Waals surface area contributed by atoms with E-state index < -0.39 is 0 Å². The summed E-state index contributed by atoms with van der Waals surface area (Å²) in [5.41, 5.74) is 2.19. The van der Waals surface area contributed by atoms with Crippen LogP contribution in [0.3, 0.4) is 0 Å². The molecule has 3 aromatic carbocycles. The molecule has 0 aliphatic heterocycles. The lowest BCUT2D eigenvalue weighted by atomic mass is 10.2. The van der Waals surface area contributed by atoms with Gasteiger partial charge in [-0.15, -0.1) is 11.3 Å². The number of rotatable bonds is 7. The van der Waals surface area contributed by atoms with Crippen LogP contribution in [0.4, 0.5) is 14.5 Å². The SMILES string of the molecule is COc1cc(-c2nc(C(=O)Nc3ccc(F)cc3)cs2)ccc1OCc1cccc(F)c1. The summed E-state index contributed by atoms with van der Waals surface area (Å²) in [7, 11) is 1.53. The zero-order valence-corrected chi connectivity index (χ0v) is 17.8. The van der Waals surface area contributed by atoms with Crippen molar-refractivity contribution in [3.05, 3.63) is 95.0 Å². The van der Waals surface area contributed by atoms with Gasteiger partial charge in [-0.05, 0) is 60.2 Å². The summed E-state index contributed by atoms with van der Waals surface area (Å²) >= 11 is 1.31. The zero-order valence-electron chi connectivity index (χ0n) is 17.0. The molecule has 162 valence electrons. The van der Waals surface area contributed by atoms with Gasteiger partial charge in [0.15, 0.2) is 11.5 Å². The summed E-state index contributed by atoms with van der Waals surface area (Å²) in [6, 6.07) is 17.0. The van der Waals surface area contributed by atoms with E-state index in [1.807, 2.05) is 6.07 Å². The van der Waals surface area contributed by atoms with Crippen LogP contribution in [-0.2, 0) is 6.61 Å². The van der Waals surface area contributed by atoms with E-state index >= 15 is 0 Å². The number of carbonyl (C=O) groups is 1. The molecular formula is C24H18F2N2O3S. The maximum Gasteiger partial charge on any atom is 0.275 e. The molecule has 0 spiro atoms. The van der Waals surface area contributed by atoms with Gasteiger partial charge in [0.1, 0.15) is 28.9 Å². The normalized spacial score (nSPS) is 10.6. The monoisotopic (exact) mass is 452 g/mol. The minimum atomic E-state index is -0.388. The van der Waals surface area contributed by atoms with Crippen LogP contribution in [0.15, 0.2) is 72.1 Å². The van der Waals surface area contributed by atoms with Gasteiger partial charge >= 0.3 is 0 Å². The largest absolute Gasteiger partial charge is 0.493 e. The molecule has 0 unspecified atom stereocenters. The number of thiazole rings is 1. The molecular weight excluding hydrogens is 434 g/mol. The Kier molecular flexibility index (Phi) is 6.42. The lowest BCUT2D eigenvalue weighted by Gasteiger charge is -2.12. The Morgan fingerprint density at radius 1 is 1.00 bits per heavy atom. The molecule has 1 N–H and O–H groups in total. The number of nitrogens with zero attached hydrogens (tertiary/aromatic N) is 1. The van der Waals surface area contributed by atoms with E-state index in [9.17, 15) is 13.6 Å². The molecule has 0 atom stereocenters. The summed E-state index contributed by atoms with van der Waals surface area (Å²) < 4.78 is 37.6. The molecule has 8 heteroatoms. The number of anilines is 1. The van der Waals surface area contributed by atoms with Crippen molar-refractivity contribution in [2.45, 2.75) is 6.61 Å². The van der Waals surface area contributed by atoms with Gasteiger partial charge in [0.2, 0.25) is 0 Å². The number of aromatic nitrogens is 1. The van der Waals surface area contributed by atoms with Crippen LogP contribution in [0.2, 0.25) is 0 Å². The van der Waals surface area contributed by atoms with Crippen LogP contribution in [-0.4, -0.2) is 18.0 Å². The molecule has 0 saturated carbocycles. The quantitative estimate of drug-likeness (QED) is 0.378. The van der Waals surface area contributed by atoms with Crippen molar-refractivity contribution in [3.8, 4) is 22.1 Å². The number of amides is 1. The number of ether oxygens (including phenoxy) is 2. The van der Waals surface area contributed by atoms with Gasteiger partial charge in [-0.25, -0.2) is 13.8 Å². The van der Waals surface area contributed by atoms with E-state index in [0.717, 1.165) is 5.56 Å². The van der Waals surface area contributed by atoms with Crippen LogP contribution in [0.25, 0.3) is 10.6 Å². The van der Waals surface area contributed by atoms with E-state index in [0.29, 0.717) is 27.8 Å². The predicted octanol–water partition coefficient (Wildman–Crippen LogP) is 5.93. The van der Waals surface area contributed by atoms with Gasteiger partial charge in [0.05, 0.1) is 7.11 Å². The number of benzene rings is 3. The van der Waals surface area contributed by atoms with Gasteiger partial charge in [-0.2, -0.15) is 0 Å². The highest BCUT2D eigenvalue weighted by molar-refractivity contribution is 7.13.